The van der Waals surface area contributed by atoms with E-state index in [2.05, 4.69) is 5.32 Å². The molecule has 0 aromatic heterocycles. The van der Waals surface area contributed by atoms with E-state index in [-0.39, 0.29) is 30.3 Å². The first kappa shape index (κ1) is 18.4. The summed E-state index contributed by atoms with van der Waals surface area (Å²) in [5.74, 6) is -0.261. The minimum Gasteiger partial charge on any atom is -0.449 e. The van der Waals surface area contributed by atoms with Crippen molar-refractivity contribution in [1.29, 1.82) is 0 Å². The molecule has 0 radical (unpaired) electrons. The van der Waals surface area contributed by atoms with Crippen LogP contribution >= 0.6 is 0 Å². The molecule has 2 aromatic carbocycles. The third-order valence-corrected chi connectivity index (χ3v) is 5.54. The molecule has 2 aromatic rings. The van der Waals surface area contributed by atoms with Crippen LogP contribution in [-0.2, 0) is 11.2 Å². The lowest BCUT2D eigenvalue weighted by atomic mass is 9.83. The van der Waals surface area contributed by atoms with E-state index in [1.165, 1.54) is 6.42 Å². The Bertz CT molecular complexity index is 928. The summed E-state index contributed by atoms with van der Waals surface area (Å²) >= 11 is 0. The van der Waals surface area contributed by atoms with Crippen LogP contribution in [0.1, 0.15) is 69.5 Å². The number of ether oxygens (including phenoxy) is 1. The van der Waals surface area contributed by atoms with Crippen LogP contribution in [0.5, 0.6) is 0 Å². The van der Waals surface area contributed by atoms with Crippen LogP contribution in [0.25, 0.3) is 0 Å². The average molecular weight is 377 g/mol. The molecular weight excluding hydrogens is 354 g/mol. The third-order valence-electron chi connectivity index (χ3n) is 5.54. The van der Waals surface area contributed by atoms with Gasteiger partial charge < -0.3 is 10.1 Å². The summed E-state index contributed by atoms with van der Waals surface area (Å²) in [6.07, 6.45) is 5.66. The molecule has 1 saturated carbocycles. The van der Waals surface area contributed by atoms with E-state index in [9.17, 15) is 14.4 Å². The van der Waals surface area contributed by atoms with E-state index < -0.39 is 0 Å². The molecular formula is C23H23NO4. The van der Waals surface area contributed by atoms with Crippen molar-refractivity contribution in [2.24, 2.45) is 0 Å². The summed E-state index contributed by atoms with van der Waals surface area (Å²) in [6.45, 7) is 0.232. The molecule has 144 valence electrons. The summed E-state index contributed by atoms with van der Waals surface area (Å²) in [4.78, 5) is 37.3. The monoisotopic (exact) mass is 377 g/mol. The SMILES string of the molecule is O=C(NC1CCCCC1)OCCc1ccc2c(c1)C(=O)c1ccccc1C2=O. The fourth-order valence-corrected chi connectivity index (χ4v) is 4.02. The number of carbonyl (C=O) groups excluding carboxylic acids is 3. The zero-order valence-electron chi connectivity index (χ0n) is 15.7. The topological polar surface area (TPSA) is 72.5 Å². The number of fused-ring (bicyclic) bond motifs is 2. The summed E-state index contributed by atoms with van der Waals surface area (Å²) in [6, 6.07) is 12.4. The molecule has 0 spiro atoms. The standard InChI is InChI=1S/C23H23NO4/c25-21-17-8-4-5-9-18(17)22(26)20-14-15(10-11-19(20)21)12-13-28-23(27)24-16-6-2-1-3-7-16/h4-5,8-11,14,16H,1-3,6-7,12-13H2,(H,24,27). The third kappa shape index (κ3) is 3.70. The predicted molar refractivity (Wildman–Crippen MR) is 105 cm³/mol. The maximum atomic E-state index is 12.8. The van der Waals surface area contributed by atoms with E-state index >= 15 is 0 Å². The van der Waals surface area contributed by atoms with Gasteiger partial charge in [0, 0.05) is 34.7 Å². The van der Waals surface area contributed by atoms with Crippen molar-refractivity contribution in [2.45, 2.75) is 44.6 Å². The van der Waals surface area contributed by atoms with Gasteiger partial charge in [0.25, 0.3) is 0 Å². The molecule has 5 nitrogen and oxygen atoms in total. The van der Waals surface area contributed by atoms with Gasteiger partial charge in [0.05, 0.1) is 6.61 Å². The highest BCUT2D eigenvalue weighted by Crippen LogP contribution is 2.28. The Morgan fingerprint density at radius 1 is 0.893 bits per heavy atom. The van der Waals surface area contributed by atoms with Crippen LogP contribution in [0.4, 0.5) is 4.79 Å². The van der Waals surface area contributed by atoms with Crippen molar-refractivity contribution in [3.63, 3.8) is 0 Å². The van der Waals surface area contributed by atoms with Crippen LogP contribution in [0.2, 0.25) is 0 Å². The summed E-state index contributed by atoms with van der Waals surface area (Å²) in [7, 11) is 0. The molecule has 0 atom stereocenters. The van der Waals surface area contributed by atoms with Gasteiger partial charge in [-0.05, 0) is 24.5 Å². The Kier molecular flexibility index (Phi) is 5.24. The molecule has 2 aliphatic carbocycles. The highest BCUT2D eigenvalue weighted by molar-refractivity contribution is 6.28. The molecule has 0 heterocycles. The summed E-state index contributed by atoms with van der Waals surface area (Å²) in [5, 5.41) is 2.92. The molecule has 0 bridgehead atoms. The molecule has 1 fully saturated rings. The minimum absolute atomic E-state index is 0.125. The first-order valence-electron chi connectivity index (χ1n) is 9.88. The molecule has 4 rings (SSSR count). The van der Waals surface area contributed by atoms with E-state index in [0.717, 1.165) is 31.2 Å². The highest BCUT2D eigenvalue weighted by atomic mass is 16.5. The molecule has 1 amide bonds. The van der Waals surface area contributed by atoms with E-state index in [0.29, 0.717) is 28.7 Å². The lowest BCUT2D eigenvalue weighted by Gasteiger charge is -2.22. The van der Waals surface area contributed by atoms with Gasteiger partial charge >= 0.3 is 6.09 Å². The molecule has 0 saturated heterocycles. The fourth-order valence-electron chi connectivity index (χ4n) is 4.02. The van der Waals surface area contributed by atoms with E-state index in [1.807, 2.05) is 6.07 Å². The maximum Gasteiger partial charge on any atom is 0.407 e. The van der Waals surface area contributed by atoms with Crippen molar-refractivity contribution in [3.05, 3.63) is 70.3 Å². The second-order valence-corrected chi connectivity index (χ2v) is 7.45. The van der Waals surface area contributed by atoms with Crippen LogP contribution in [0, 0.1) is 0 Å². The number of nitrogens with one attached hydrogen (secondary N) is 1. The highest BCUT2D eigenvalue weighted by Gasteiger charge is 2.29. The Labute approximate surface area is 164 Å². The zero-order chi connectivity index (χ0) is 19.5. The summed E-state index contributed by atoms with van der Waals surface area (Å²) < 4.78 is 5.30. The van der Waals surface area contributed by atoms with E-state index in [4.69, 9.17) is 4.74 Å². The Morgan fingerprint density at radius 3 is 2.25 bits per heavy atom. The van der Waals surface area contributed by atoms with Crippen molar-refractivity contribution < 1.29 is 19.1 Å². The zero-order valence-corrected chi connectivity index (χ0v) is 15.7. The molecule has 0 unspecified atom stereocenters. The molecule has 1 N–H and O–H groups in total. The Morgan fingerprint density at radius 2 is 1.54 bits per heavy atom. The first-order chi connectivity index (χ1) is 13.6. The second kappa shape index (κ2) is 7.97. The number of hydrogen-bond donors (Lipinski definition) is 1. The second-order valence-electron chi connectivity index (χ2n) is 7.45. The fraction of sp³-hybridized carbons (Fsp3) is 0.348. The smallest absolute Gasteiger partial charge is 0.407 e. The van der Waals surface area contributed by atoms with E-state index in [1.54, 1.807) is 36.4 Å². The van der Waals surface area contributed by atoms with Crippen LogP contribution in [-0.4, -0.2) is 30.3 Å². The first-order valence-corrected chi connectivity index (χ1v) is 9.88. The van der Waals surface area contributed by atoms with Gasteiger partial charge in [-0.15, -0.1) is 0 Å². The van der Waals surface area contributed by atoms with Crippen molar-refractivity contribution in [1.82, 2.24) is 5.32 Å². The molecule has 5 heteroatoms. The normalized spacial score (nSPS) is 16.3. The number of benzene rings is 2. The Balaban J connectivity index is 1.38. The molecule has 2 aliphatic rings. The predicted octanol–water partition coefficient (Wildman–Crippen LogP) is 4.06. The van der Waals surface area contributed by atoms with Gasteiger partial charge in [0.2, 0.25) is 0 Å². The van der Waals surface area contributed by atoms with Crippen molar-refractivity contribution in [3.8, 4) is 0 Å². The minimum atomic E-state index is -0.384. The van der Waals surface area contributed by atoms with Gasteiger partial charge in [-0.1, -0.05) is 55.7 Å². The summed E-state index contributed by atoms with van der Waals surface area (Å²) in [5.41, 5.74) is 2.62. The van der Waals surface area contributed by atoms with Crippen molar-refractivity contribution >= 4 is 17.7 Å². The number of amides is 1. The van der Waals surface area contributed by atoms with Crippen molar-refractivity contribution in [2.75, 3.05) is 6.61 Å². The van der Waals surface area contributed by atoms with Gasteiger partial charge in [0.1, 0.15) is 0 Å². The largest absolute Gasteiger partial charge is 0.449 e. The number of rotatable bonds is 4. The van der Waals surface area contributed by atoms with Crippen LogP contribution in [0.15, 0.2) is 42.5 Å². The van der Waals surface area contributed by atoms with Gasteiger partial charge in [-0.2, -0.15) is 0 Å². The van der Waals surface area contributed by atoms with Crippen LogP contribution in [0.3, 0.4) is 0 Å². The quantitative estimate of drug-likeness (QED) is 0.744. The van der Waals surface area contributed by atoms with Crippen LogP contribution < -0.4 is 5.32 Å². The average Bonchev–Trinajstić information content (AvgIpc) is 2.73. The van der Waals surface area contributed by atoms with Gasteiger partial charge in [0.15, 0.2) is 11.6 Å². The number of alkyl carbamates (subject to hydrolysis) is 1. The molecule has 28 heavy (non-hydrogen) atoms. The maximum absolute atomic E-state index is 12.8. The Hall–Kier alpha value is -2.95. The lowest BCUT2D eigenvalue weighted by Crippen LogP contribution is -2.36. The number of hydrogen-bond acceptors (Lipinski definition) is 4. The molecule has 0 aliphatic heterocycles. The number of carbonyl (C=O) groups is 3. The number of ketones is 2. The lowest BCUT2D eigenvalue weighted by molar-refractivity contribution is 0.0979. The van der Waals surface area contributed by atoms with Gasteiger partial charge in [-0.25, -0.2) is 4.79 Å². The van der Waals surface area contributed by atoms with Gasteiger partial charge in [-0.3, -0.25) is 9.59 Å².